The summed E-state index contributed by atoms with van der Waals surface area (Å²) >= 11 is 0. The monoisotopic (exact) mass is 245 g/mol. The van der Waals surface area contributed by atoms with Crippen LogP contribution in [0.1, 0.15) is 51.9 Å². The molecule has 5 atom stereocenters. The van der Waals surface area contributed by atoms with Crippen LogP contribution in [0, 0.1) is 17.3 Å². The first-order valence-electron chi connectivity index (χ1n) is 6.53. The molecule has 0 heterocycles. The number of halogens is 1. The van der Waals surface area contributed by atoms with E-state index in [0.717, 1.165) is 37.5 Å². The van der Waals surface area contributed by atoms with Gasteiger partial charge in [0.15, 0.2) is 0 Å². The summed E-state index contributed by atoms with van der Waals surface area (Å²) in [5, 5.41) is 10.6. The van der Waals surface area contributed by atoms with Gasteiger partial charge in [0.25, 0.3) is 0 Å². The number of hydrogen-bond donors (Lipinski definition) is 2. The predicted molar refractivity (Wildman–Crippen MR) is 67.6 cm³/mol. The SMILES string of the molecule is CCC(N)C12C[C@@H]3C[C@@H](CC(O)(C3)C1)C2.Cl. The standard InChI is InChI=1S/C13H23NO.ClH/c1-2-11(14)12-4-9-3-10(5-12)7-13(15,6-9)8-12;/h9-11,15H,2-8,14H2,1H3;1H/t9-,10+,11?,12?,13?;. The van der Waals surface area contributed by atoms with E-state index in [1.807, 2.05) is 0 Å². The van der Waals surface area contributed by atoms with Gasteiger partial charge in [0.05, 0.1) is 5.60 Å². The van der Waals surface area contributed by atoms with Gasteiger partial charge in [0, 0.05) is 6.04 Å². The Morgan fingerprint density at radius 2 is 1.81 bits per heavy atom. The Bertz CT molecular complexity index is 267. The Labute approximate surface area is 104 Å². The van der Waals surface area contributed by atoms with Gasteiger partial charge in [-0.2, -0.15) is 0 Å². The van der Waals surface area contributed by atoms with E-state index >= 15 is 0 Å². The van der Waals surface area contributed by atoms with Crippen LogP contribution in [0.15, 0.2) is 0 Å². The van der Waals surface area contributed by atoms with Gasteiger partial charge in [0.1, 0.15) is 0 Å². The van der Waals surface area contributed by atoms with Crippen molar-refractivity contribution in [3.63, 3.8) is 0 Å². The van der Waals surface area contributed by atoms with E-state index in [4.69, 9.17) is 5.73 Å². The Morgan fingerprint density at radius 1 is 1.25 bits per heavy atom. The molecule has 0 saturated heterocycles. The van der Waals surface area contributed by atoms with Crippen LogP contribution < -0.4 is 5.73 Å². The molecule has 16 heavy (non-hydrogen) atoms. The first-order valence-corrected chi connectivity index (χ1v) is 6.53. The summed E-state index contributed by atoms with van der Waals surface area (Å²) in [6.07, 6.45) is 8.11. The van der Waals surface area contributed by atoms with Gasteiger partial charge >= 0.3 is 0 Å². The topological polar surface area (TPSA) is 46.2 Å². The Morgan fingerprint density at radius 3 is 2.25 bits per heavy atom. The molecular weight excluding hydrogens is 222 g/mol. The van der Waals surface area contributed by atoms with Crippen molar-refractivity contribution in [2.24, 2.45) is 23.0 Å². The molecule has 3 unspecified atom stereocenters. The summed E-state index contributed by atoms with van der Waals surface area (Å²) in [5.41, 5.74) is 6.28. The molecular formula is C13H24ClNO. The summed E-state index contributed by atoms with van der Waals surface area (Å²) in [7, 11) is 0. The van der Waals surface area contributed by atoms with Gasteiger partial charge in [-0.25, -0.2) is 0 Å². The third-order valence-corrected chi connectivity index (χ3v) is 5.30. The number of hydrogen-bond acceptors (Lipinski definition) is 2. The van der Waals surface area contributed by atoms with Gasteiger partial charge in [-0.05, 0) is 62.2 Å². The number of nitrogens with two attached hydrogens (primary N) is 1. The highest BCUT2D eigenvalue weighted by Crippen LogP contribution is 2.62. The molecule has 0 radical (unpaired) electrons. The first-order chi connectivity index (χ1) is 7.05. The second-order valence-corrected chi connectivity index (χ2v) is 6.56. The van der Waals surface area contributed by atoms with Crippen LogP contribution in [0.5, 0.6) is 0 Å². The van der Waals surface area contributed by atoms with Crippen molar-refractivity contribution in [1.82, 2.24) is 0 Å². The molecule has 0 aromatic heterocycles. The van der Waals surface area contributed by atoms with Gasteiger partial charge < -0.3 is 10.8 Å². The van der Waals surface area contributed by atoms with Crippen LogP contribution in [0.3, 0.4) is 0 Å². The quantitative estimate of drug-likeness (QED) is 0.785. The minimum absolute atomic E-state index is 0. The Balaban J connectivity index is 0.000000963. The van der Waals surface area contributed by atoms with Gasteiger partial charge in [-0.3, -0.25) is 0 Å². The normalized spacial score (nSPS) is 51.2. The summed E-state index contributed by atoms with van der Waals surface area (Å²) in [5.74, 6) is 1.54. The maximum atomic E-state index is 10.6. The lowest BCUT2D eigenvalue weighted by molar-refractivity contribution is -0.170. The smallest absolute Gasteiger partial charge is 0.0659 e. The van der Waals surface area contributed by atoms with Crippen molar-refractivity contribution >= 4 is 12.4 Å². The maximum Gasteiger partial charge on any atom is 0.0659 e. The molecule has 3 N–H and O–H groups in total. The van der Waals surface area contributed by atoms with Crippen molar-refractivity contribution in [2.45, 2.75) is 63.5 Å². The van der Waals surface area contributed by atoms with Gasteiger partial charge in [-0.1, -0.05) is 6.92 Å². The van der Waals surface area contributed by atoms with Gasteiger partial charge in [-0.15, -0.1) is 12.4 Å². The van der Waals surface area contributed by atoms with E-state index in [2.05, 4.69) is 6.92 Å². The molecule has 0 spiro atoms. The van der Waals surface area contributed by atoms with Gasteiger partial charge in [0.2, 0.25) is 0 Å². The molecule has 0 aromatic rings. The molecule has 0 amide bonds. The van der Waals surface area contributed by atoms with Crippen LogP contribution in [0.25, 0.3) is 0 Å². The van der Waals surface area contributed by atoms with E-state index < -0.39 is 0 Å². The average Bonchev–Trinajstić information content (AvgIpc) is 2.12. The van der Waals surface area contributed by atoms with Crippen LogP contribution in [-0.2, 0) is 0 Å². The molecule has 3 heteroatoms. The van der Waals surface area contributed by atoms with Crippen LogP contribution in [0.2, 0.25) is 0 Å². The molecule has 4 bridgehead atoms. The Hall–Kier alpha value is 0.210. The fraction of sp³-hybridized carbons (Fsp3) is 1.00. The highest BCUT2D eigenvalue weighted by molar-refractivity contribution is 5.85. The van der Waals surface area contributed by atoms with Crippen LogP contribution in [0.4, 0.5) is 0 Å². The van der Waals surface area contributed by atoms with Crippen LogP contribution in [-0.4, -0.2) is 16.7 Å². The fourth-order valence-corrected chi connectivity index (χ4v) is 5.15. The molecule has 4 aliphatic rings. The fourth-order valence-electron chi connectivity index (χ4n) is 5.15. The van der Waals surface area contributed by atoms with Crippen molar-refractivity contribution in [1.29, 1.82) is 0 Å². The minimum Gasteiger partial charge on any atom is -0.390 e. The minimum atomic E-state index is -0.336. The largest absolute Gasteiger partial charge is 0.390 e. The first kappa shape index (κ1) is 12.7. The molecule has 0 aliphatic heterocycles. The second-order valence-electron chi connectivity index (χ2n) is 6.56. The van der Waals surface area contributed by atoms with Crippen LogP contribution >= 0.6 is 12.4 Å². The zero-order valence-corrected chi connectivity index (χ0v) is 10.9. The Kier molecular flexibility index (Phi) is 3.05. The summed E-state index contributed by atoms with van der Waals surface area (Å²) in [6, 6.07) is 0.315. The molecule has 94 valence electrons. The highest BCUT2D eigenvalue weighted by Gasteiger charge is 2.58. The molecule has 0 aromatic carbocycles. The number of rotatable bonds is 2. The molecule has 4 aliphatic carbocycles. The van der Waals surface area contributed by atoms with E-state index in [1.54, 1.807) is 0 Å². The maximum absolute atomic E-state index is 10.6. The third-order valence-electron chi connectivity index (χ3n) is 5.30. The molecule has 4 fully saturated rings. The molecule has 4 saturated carbocycles. The van der Waals surface area contributed by atoms with Crippen molar-refractivity contribution in [3.05, 3.63) is 0 Å². The summed E-state index contributed by atoms with van der Waals surface area (Å²) in [4.78, 5) is 0. The molecule has 4 rings (SSSR count). The molecule has 2 nitrogen and oxygen atoms in total. The van der Waals surface area contributed by atoms with E-state index in [0.29, 0.717) is 11.5 Å². The zero-order valence-electron chi connectivity index (χ0n) is 10.1. The van der Waals surface area contributed by atoms with Crippen molar-refractivity contribution in [2.75, 3.05) is 0 Å². The van der Waals surface area contributed by atoms with E-state index in [1.165, 1.54) is 19.3 Å². The average molecular weight is 246 g/mol. The summed E-state index contributed by atoms with van der Waals surface area (Å²) < 4.78 is 0. The van der Waals surface area contributed by atoms with E-state index in [9.17, 15) is 5.11 Å². The lowest BCUT2D eigenvalue weighted by Gasteiger charge is -2.62. The summed E-state index contributed by atoms with van der Waals surface area (Å²) in [6.45, 7) is 2.19. The van der Waals surface area contributed by atoms with Crippen molar-refractivity contribution < 1.29 is 5.11 Å². The lowest BCUT2D eigenvalue weighted by atomic mass is 9.46. The predicted octanol–water partition coefficient (Wildman–Crippen LogP) is 2.48. The third kappa shape index (κ3) is 1.70. The highest BCUT2D eigenvalue weighted by atomic mass is 35.5. The zero-order chi connectivity index (χ0) is 10.7. The van der Waals surface area contributed by atoms with E-state index in [-0.39, 0.29) is 18.0 Å². The van der Waals surface area contributed by atoms with Crippen molar-refractivity contribution in [3.8, 4) is 0 Å². The number of aliphatic hydroxyl groups is 1. The lowest BCUT2D eigenvalue weighted by Crippen LogP contribution is -2.60. The second kappa shape index (κ2) is 3.86.